The van der Waals surface area contributed by atoms with Crippen molar-refractivity contribution in [2.24, 2.45) is 17.8 Å². The van der Waals surface area contributed by atoms with E-state index in [-0.39, 0.29) is 5.91 Å². The second kappa shape index (κ2) is 5.20. The lowest BCUT2D eigenvalue weighted by atomic mass is 9.95. The number of nitrogens with zero attached hydrogens (tertiary/aromatic N) is 1. The number of hydrogen-bond donors (Lipinski definition) is 2. The number of anilines is 1. The summed E-state index contributed by atoms with van der Waals surface area (Å²) in [5.74, 6) is -1.90. The van der Waals surface area contributed by atoms with Gasteiger partial charge in [-0.25, -0.2) is 0 Å². The standard InChI is InChI=1S/C12H16N2O4/c1-2-7-3-9(10(4-7)12(16)17)11(15)14-8-5-13-18-6-8/h5-7,9-10H,2-4H2,1H3,(H,14,15)(H,16,17). The number of carboxylic acids is 1. The molecule has 2 rings (SSSR count). The van der Waals surface area contributed by atoms with Crippen LogP contribution < -0.4 is 5.32 Å². The molecule has 1 fully saturated rings. The summed E-state index contributed by atoms with van der Waals surface area (Å²) in [5, 5.41) is 15.3. The minimum atomic E-state index is -0.892. The molecule has 18 heavy (non-hydrogen) atoms. The number of carboxylic acid groups (broad SMARTS) is 1. The van der Waals surface area contributed by atoms with Crippen molar-refractivity contribution < 1.29 is 19.2 Å². The van der Waals surface area contributed by atoms with Crippen LogP contribution in [0.1, 0.15) is 26.2 Å². The average molecular weight is 252 g/mol. The summed E-state index contributed by atoms with van der Waals surface area (Å²) >= 11 is 0. The van der Waals surface area contributed by atoms with E-state index in [1.54, 1.807) is 0 Å². The van der Waals surface area contributed by atoms with Crippen molar-refractivity contribution in [1.82, 2.24) is 5.16 Å². The number of amides is 1. The molecular weight excluding hydrogens is 236 g/mol. The fraction of sp³-hybridized carbons (Fsp3) is 0.583. The molecule has 0 saturated heterocycles. The highest BCUT2D eigenvalue weighted by Gasteiger charge is 2.42. The van der Waals surface area contributed by atoms with Crippen molar-refractivity contribution in [2.75, 3.05) is 5.32 Å². The van der Waals surface area contributed by atoms with Gasteiger partial charge in [0.05, 0.1) is 18.0 Å². The number of rotatable bonds is 4. The molecule has 3 unspecified atom stereocenters. The SMILES string of the molecule is CCC1CC(C(=O)O)C(C(=O)Nc2cnoc2)C1. The van der Waals surface area contributed by atoms with Crippen molar-refractivity contribution >= 4 is 17.6 Å². The molecule has 1 aromatic heterocycles. The molecule has 3 atom stereocenters. The maximum Gasteiger partial charge on any atom is 0.307 e. The molecule has 0 aliphatic heterocycles. The normalized spacial score (nSPS) is 27.1. The molecule has 1 amide bonds. The largest absolute Gasteiger partial charge is 0.481 e. The van der Waals surface area contributed by atoms with Crippen molar-refractivity contribution in [2.45, 2.75) is 26.2 Å². The van der Waals surface area contributed by atoms with Crippen molar-refractivity contribution in [3.05, 3.63) is 12.5 Å². The molecule has 6 heteroatoms. The first-order valence-electron chi connectivity index (χ1n) is 6.04. The third-order valence-electron chi connectivity index (χ3n) is 3.59. The summed E-state index contributed by atoms with van der Waals surface area (Å²) in [5.41, 5.74) is 0.462. The van der Waals surface area contributed by atoms with E-state index < -0.39 is 17.8 Å². The first kappa shape index (κ1) is 12.6. The molecule has 1 aliphatic rings. The molecular formula is C12H16N2O4. The topological polar surface area (TPSA) is 92.4 Å². The molecule has 1 saturated carbocycles. The maximum absolute atomic E-state index is 12.0. The van der Waals surface area contributed by atoms with Gasteiger partial charge in [0.25, 0.3) is 0 Å². The molecule has 0 bridgehead atoms. The van der Waals surface area contributed by atoms with E-state index in [1.165, 1.54) is 12.5 Å². The van der Waals surface area contributed by atoms with E-state index >= 15 is 0 Å². The smallest absolute Gasteiger partial charge is 0.307 e. The monoisotopic (exact) mass is 252 g/mol. The van der Waals surface area contributed by atoms with Crippen molar-refractivity contribution in [1.29, 1.82) is 0 Å². The summed E-state index contributed by atoms with van der Waals surface area (Å²) in [6.07, 6.45) is 4.82. The Hall–Kier alpha value is -1.85. The van der Waals surface area contributed by atoms with Gasteiger partial charge in [-0.05, 0) is 18.8 Å². The van der Waals surface area contributed by atoms with Crippen LogP contribution in [-0.2, 0) is 9.59 Å². The molecule has 1 heterocycles. The van der Waals surface area contributed by atoms with Gasteiger partial charge in [-0.1, -0.05) is 18.5 Å². The Morgan fingerprint density at radius 2 is 2.22 bits per heavy atom. The van der Waals surface area contributed by atoms with Gasteiger partial charge in [0.1, 0.15) is 12.0 Å². The quantitative estimate of drug-likeness (QED) is 0.851. The lowest BCUT2D eigenvalue weighted by Gasteiger charge is -2.14. The zero-order valence-corrected chi connectivity index (χ0v) is 10.1. The second-order valence-electron chi connectivity index (χ2n) is 4.70. The Labute approximate surface area is 104 Å². The van der Waals surface area contributed by atoms with Gasteiger partial charge >= 0.3 is 5.97 Å². The van der Waals surface area contributed by atoms with Crippen molar-refractivity contribution in [3.63, 3.8) is 0 Å². The van der Waals surface area contributed by atoms with Crippen molar-refractivity contribution in [3.8, 4) is 0 Å². The predicted molar refractivity (Wildman–Crippen MR) is 62.8 cm³/mol. The molecule has 6 nitrogen and oxygen atoms in total. The minimum Gasteiger partial charge on any atom is -0.481 e. The van der Waals surface area contributed by atoms with E-state index in [1.807, 2.05) is 6.92 Å². The van der Waals surface area contributed by atoms with Gasteiger partial charge in [-0.3, -0.25) is 9.59 Å². The summed E-state index contributed by atoms with van der Waals surface area (Å²) in [6, 6.07) is 0. The molecule has 1 aromatic rings. The second-order valence-corrected chi connectivity index (χ2v) is 4.70. The fourth-order valence-electron chi connectivity index (χ4n) is 2.54. The van der Waals surface area contributed by atoms with E-state index in [0.29, 0.717) is 24.4 Å². The Bertz CT molecular complexity index is 429. The zero-order chi connectivity index (χ0) is 13.1. The van der Waals surface area contributed by atoms with Gasteiger partial charge in [-0.2, -0.15) is 0 Å². The third-order valence-corrected chi connectivity index (χ3v) is 3.59. The first-order chi connectivity index (χ1) is 8.61. The van der Waals surface area contributed by atoms with Crippen LogP contribution in [0.4, 0.5) is 5.69 Å². The van der Waals surface area contributed by atoms with Gasteiger partial charge in [0, 0.05) is 0 Å². The lowest BCUT2D eigenvalue weighted by molar-refractivity contribution is -0.145. The number of carbonyl (C=O) groups excluding carboxylic acids is 1. The average Bonchev–Trinajstić information content (AvgIpc) is 2.96. The number of aromatic nitrogens is 1. The Morgan fingerprint density at radius 3 is 2.78 bits per heavy atom. The summed E-state index contributed by atoms with van der Waals surface area (Å²) in [4.78, 5) is 23.2. The van der Waals surface area contributed by atoms with Crippen LogP contribution in [-0.4, -0.2) is 22.1 Å². The number of nitrogens with one attached hydrogen (secondary N) is 1. The van der Waals surface area contributed by atoms with Crippen LogP contribution in [0.3, 0.4) is 0 Å². The highest BCUT2D eigenvalue weighted by Crippen LogP contribution is 2.38. The Morgan fingerprint density at radius 1 is 1.50 bits per heavy atom. The van der Waals surface area contributed by atoms with Crippen LogP contribution >= 0.6 is 0 Å². The van der Waals surface area contributed by atoms with Gasteiger partial charge in [0.2, 0.25) is 5.91 Å². The van der Waals surface area contributed by atoms with Crippen LogP contribution in [0.2, 0.25) is 0 Å². The van der Waals surface area contributed by atoms with Crippen LogP contribution in [0, 0.1) is 17.8 Å². The summed E-state index contributed by atoms with van der Waals surface area (Å²) in [6.45, 7) is 2.02. The molecule has 1 aliphatic carbocycles. The number of carbonyl (C=O) groups is 2. The van der Waals surface area contributed by atoms with E-state index in [9.17, 15) is 9.59 Å². The van der Waals surface area contributed by atoms with Gasteiger partial charge in [-0.15, -0.1) is 0 Å². The summed E-state index contributed by atoms with van der Waals surface area (Å²) in [7, 11) is 0. The molecule has 0 radical (unpaired) electrons. The molecule has 2 N–H and O–H groups in total. The Kier molecular flexibility index (Phi) is 3.64. The fourth-order valence-corrected chi connectivity index (χ4v) is 2.54. The van der Waals surface area contributed by atoms with Gasteiger partial charge in [0.15, 0.2) is 0 Å². The molecule has 0 aromatic carbocycles. The summed E-state index contributed by atoms with van der Waals surface area (Å²) < 4.78 is 4.61. The number of hydrogen-bond acceptors (Lipinski definition) is 4. The molecule has 98 valence electrons. The van der Waals surface area contributed by atoms with Crippen LogP contribution in [0.5, 0.6) is 0 Å². The van der Waals surface area contributed by atoms with Gasteiger partial charge < -0.3 is 14.9 Å². The van der Waals surface area contributed by atoms with Crippen LogP contribution in [0.25, 0.3) is 0 Å². The highest BCUT2D eigenvalue weighted by molar-refractivity contribution is 5.95. The highest BCUT2D eigenvalue weighted by atomic mass is 16.5. The Balaban J connectivity index is 2.05. The lowest BCUT2D eigenvalue weighted by Crippen LogP contribution is -2.29. The zero-order valence-electron chi connectivity index (χ0n) is 10.1. The minimum absolute atomic E-state index is 0.262. The van der Waals surface area contributed by atoms with Crippen LogP contribution in [0.15, 0.2) is 17.0 Å². The van der Waals surface area contributed by atoms with E-state index in [2.05, 4.69) is 15.0 Å². The number of aliphatic carboxylic acids is 1. The van der Waals surface area contributed by atoms with E-state index in [0.717, 1.165) is 6.42 Å². The third kappa shape index (κ3) is 2.52. The first-order valence-corrected chi connectivity index (χ1v) is 6.04. The molecule has 0 spiro atoms. The van der Waals surface area contributed by atoms with E-state index in [4.69, 9.17) is 5.11 Å². The maximum atomic E-state index is 12.0. The predicted octanol–water partition coefficient (Wildman–Crippen LogP) is 1.75.